The Labute approximate surface area is 151 Å². The average molecular weight is 350 g/mol. The molecule has 0 radical (unpaired) electrons. The van der Waals surface area contributed by atoms with E-state index < -0.39 is 5.97 Å². The van der Waals surface area contributed by atoms with Crippen LogP contribution >= 0.6 is 11.8 Å². The molecule has 3 rings (SSSR count). The number of thioether (sulfide) groups is 1. The van der Waals surface area contributed by atoms with E-state index in [-0.39, 0.29) is 5.57 Å². The highest BCUT2D eigenvalue weighted by Gasteiger charge is 2.25. The normalized spacial score (nSPS) is 16.1. The van der Waals surface area contributed by atoms with Crippen LogP contribution in [0.3, 0.4) is 0 Å². The zero-order valence-electron chi connectivity index (χ0n) is 13.9. The van der Waals surface area contributed by atoms with Gasteiger partial charge in [0.1, 0.15) is 11.1 Å². The van der Waals surface area contributed by atoms with Crippen molar-refractivity contribution in [2.45, 2.75) is 6.42 Å². The van der Waals surface area contributed by atoms with Crippen LogP contribution in [0.4, 0.5) is 5.69 Å². The highest BCUT2D eigenvalue weighted by atomic mass is 32.2. The van der Waals surface area contributed by atoms with Crippen LogP contribution < -0.4 is 4.90 Å². The summed E-state index contributed by atoms with van der Waals surface area (Å²) in [5.74, 6) is 0.300. The van der Waals surface area contributed by atoms with Gasteiger partial charge in [0.25, 0.3) is 0 Å². The number of ether oxygens (including phenoxy) is 1. The van der Waals surface area contributed by atoms with Gasteiger partial charge < -0.3 is 9.64 Å². The predicted molar refractivity (Wildman–Crippen MR) is 101 cm³/mol. The van der Waals surface area contributed by atoms with Gasteiger partial charge in [0, 0.05) is 18.0 Å². The molecular formula is C20H18N2O2S. The molecule has 0 saturated carbocycles. The van der Waals surface area contributed by atoms with E-state index in [2.05, 4.69) is 24.3 Å². The summed E-state index contributed by atoms with van der Waals surface area (Å²) in [5.41, 5.74) is 3.33. The lowest BCUT2D eigenvalue weighted by molar-refractivity contribution is -0.135. The molecule has 0 atom stereocenters. The number of benzene rings is 2. The van der Waals surface area contributed by atoms with Crippen LogP contribution in [-0.4, -0.2) is 25.4 Å². The number of nitriles is 1. The number of esters is 1. The molecule has 0 aliphatic carbocycles. The van der Waals surface area contributed by atoms with E-state index in [0.717, 1.165) is 35.5 Å². The van der Waals surface area contributed by atoms with Crippen LogP contribution in [0, 0.1) is 11.3 Å². The minimum Gasteiger partial charge on any atom is -0.465 e. The van der Waals surface area contributed by atoms with Gasteiger partial charge in [-0.2, -0.15) is 5.26 Å². The highest BCUT2D eigenvalue weighted by molar-refractivity contribution is 8.03. The van der Waals surface area contributed by atoms with Crippen molar-refractivity contribution in [2.24, 2.45) is 0 Å². The number of carbonyl (C=O) groups is 1. The minimum absolute atomic E-state index is 0.0688. The summed E-state index contributed by atoms with van der Waals surface area (Å²) in [6.07, 6.45) is 0.995. The largest absolute Gasteiger partial charge is 0.465 e. The maximum Gasteiger partial charge on any atom is 0.351 e. The van der Waals surface area contributed by atoms with Crippen LogP contribution in [0.2, 0.25) is 0 Å². The van der Waals surface area contributed by atoms with E-state index in [4.69, 9.17) is 4.74 Å². The molecule has 0 amide bonds. The van der Waals surface area contributed by atoms with Crippen molar-refractivity contribution in [3.63, 3.8) is 0 Å². The Morgan fingerprint density at radius 1 is 1.12 bits per heavy atom. The standard InChI is InChI=1S/C20H18N2O2S/c1-24-20(23)18(14-21)19-22(12-5-13-25-19)17-10-8-16(9-11-17)15-6-3-2-4-7-15/h2-4,6-11H,5,12-13H2,1H3. The van der Waals surface area contributed by atoms with Gasteiger partial charge in [-0.1, -0.05) is 42.5 Å². The second-order valence-electron chi connectivity index (χ2n) is 5.55. The number of nitrogens with zero attached hydrogens (tertiary/aromatic N) is 2. The first-order valence-electron chi connectivity index (χ1n) is 8.03. The van der Waals surface area contributed by atoms with Crippen molar-refractivity contribution in [1.82, 2.24) is 0 Å². The number of rotatable bonds is 3. The summed E-state index contributed by atoms with van der Waals surface area (Å²) in [6.45, 7) is 0.773. The van der Waals surface area contributed by atoms with Crippen LogP contribution in [-0.2, 0) is 9.53 Å². The first-order valence-corrected chi connectivity index (χ1v) is 9.01. The number of carbonyl (C=O) groups excluding carboxylic acids is 1. The molecule has 0 spiro atoms. The fraction of sp³-hybridized carbons (Fsp3) is 0.200. The smallest absolute Gasteiger partial charge is 0.351 e. The molecule has 4 nitrogen and oxygen atoms in total. The number of anilines is 1. The monoisotopic (exact) mass is 350 g/mol. The van der Waals surface area contributed by atoms with Gasteiger partial charge in [0.15, 0.2) is 5.57 Å². The number of methoxy groups -OCH3 is 1. The van der Waals surface area contributed by atoms with Crippen molar-refractivity contribution >= 4 is 23.4 Å². The van der Waals surface area contributed by atoms with Gasteiger partial charge in [-0.15, -0.1) is 11.8 Å². The number of hydrogen-bond donors (Lipinski definition) is 0. The zero-order valence-corrected chi connectivity index (χ0v) is 14.8. The van der Waals surface area contributed by atoms with Crippen LogP contribution in [0.25, 0.3) is 11.1 Å². The lowest BCUT2D eigenvalue weighted by Gasteiger charge is -2.31. The zero-order chi connectivity index (χ0) is 17.6. The van der Waals surface area contributed by atoms with Crippen LogP contribution in [0.1, 0.15) is 6.42 Å². The van der Waals surface area contributed by atoms with Crippen LogP contribution in [0.15, 0.2) is 65.2 Å². The maximum atomic E-state index is 11.9. The van der Waals surface area contributed by atoms with Crippen molar-refractivity contribution in [2.75, 3.05) is 24.3 Å². The quantitative estimate of drug-likeness (QED) is 0.472. The molecule has 1 saturated heterocycles. The molecule has 1 heterocycles. The van der Waals surface area contributed by atoms with Crippen molar-refractivity contribution in [3.8, 4) is 17.2 Å². The maximum absolute atomic E-state index is 11.9. The summed E-state index contributed by atoms with van der Waals surface area (Å²) in [4.78, 5) is 13.9. The summed E-state index contributed by atoms with van der Waals surface area (Å²) in [6, 6.07) is 20.3. The number of hydrogen-bond acceptors (Lipinski definition) is 5. The molecule has 2 aromatic rings. The summed E-state index contributed by atoms with van der Waals surface area (Å²) >= 11 is 1.53. The minimum atomic E-state index is -0.585. The van der Waals surface area contributed by atoms with Crippen molar-refractivity contribution < 1.29 is 9.53 Å². The van der Waals surface area contributed by atoms with E-state index >= 15 is 0 Å². The molecule has 1 fully saturated rings. The van der Waals surface area contributed by atoms with Crippen molar-refractivity contribution in [1.29, 1.82) is 5.26 Å². The highest BCUT2D eigenvalue weighted by Crippen LogP contribution is 2.35. The average Bonchev–Trinajstić information content (AvgIpc) is 2.69. The first kappa shape index (κ1) is 17.1. The van der Waals surface area contributed by atoms with E-state index in [0.29, 0.717) is 5.03 Å². The topological polar surface area (TPSA) is 53.3 Å². The van der Waals surface area contributed by atoms with Gasteiger partial charge in [-0.05, 0) is 29.7 Å². The van der Waals surface area contributed by atoms with Gasteiger partial charge in [-0.3, -0.25) is 0 Å². The summed E-state index contributed by atoms with van der Waals surface area (Å²) < 4.78 is 4.76. The lowest BCUT2D eigenvalue weighted by atomic mass is 10.1. The third-order valence-corrected chi connectivity index (χ3v) is 5.20. The van der Waals surface area contributed by atoms with Crippen LogP contribution in [0.5, 0.6) is 0 Å². The fourth-order valence-electron chi connectivity index (χ4n) is 2.77. The predicted octanol–water partition coefficient (Wildman–Crippen LogP) is 4.21. The van der Waals surface area contributed by atoms with Gasteiger partial charge >= 0.3 is 5.97 Å². The van der Waals surface area contributed by atoms with E-state index in [9.17, 15) is 10.1 Å². The van der Waals surface area contributed by atoms with Gasteiger partial charge in [0.2, 0.25) is 0 Å². The second-order valence-corrected chi connectivity index (χ2v) is 6.63. The molecule has 126 valence electrons. The van der Waals surface area contributed by atoms with Crippen molar-refractivity contribution in [3.05, 3.63) is 65.2 Å². The van der Waals surface area contributed by atoms with E-state index in [1.54, 1.807) is 0 Å². The molecule has 1 aliphatic heterocycles. The first-order chi connectivity index (χ1) is 12.2. The Bertz CT molecular complexity index is 823. The summed E-state index contributed by atoms with van der Waals surface area (Å²) in [5, 5.41) is 10.1. The molecule has 0 N–H and O–H groups in total. The molecule has 25 heavy (non-hydrogen) atoms. The van der Waals surface area contributed by atoms with E-state index in [1.165, 1.54) is 18.9 Å². The third-order valence-electron chi connectivity index (χ3n) is 4.01. The molecular weight excluding hydrogens is 332 g/mol. The molecule has 5 heteroatoms. The third kappa shape index (κ3) is 3.70. The Morgan fingerprint density at radius 2 is 1.80 bits per heavy atom. The molecule has 0 unspecified atom stereocenters. The van der Waals surface area contributed by atoms with E-state index in [1.807, 2.05) is 41.3 Å². The SMILES string of the molecule is COC(=O)C(C#N)=C1SCCCN1c1ccc(-c2ccccc2)cc1. The molecule has 1 aliphatic rings. The Balaban J connectivity index is 1.95. The fourth-order valence-corrected chi connectivity index (χ4v) is 3.86. The molecule has 0 aromatic heterocycles. The lowest BCUT2D eigenvalue weighted by Crippen LogP contribution is -2.29. The Kier molecular flexibility index (Phi) is 5.42. The van der Waals surface area contributed by atoms with Gasteiger partial charge in [-0.25, -0.2) is 4.79 Å². The molecule has 0 bridgehead atoms. The Hall–Kier alpha value is -2.71. The van der Waals surface area contributed by atoms with Gasteiger partial charge in [0.05, 0.1) is 7.11 Å². The Morgan fingerprint density at radius 3 is 2.44 bits per heavy atom. The molecule has 2 aromatic carbocycles. The summed E-state index contributed by atoms with van der Waals surface area (Å²) in [7, 11) is 1.30. The second kappa shape index (κ2) is 7.91.